The number of rotatable bonds is 4. The van der Waals surface area contributed by atoms with E-state index in [0.717, 1.165) is 11.6 Å². The second-order valence-corrected chi connectivity index (χ2v) is 4.47. The fourth-order valence-electron chi connectivity index (χ4n) is 1.94. The van der Waals surface area contributed by atoms with E-state index in [1.807, 2.05) is 26.8 Å². The molecule has 6 nitrogen and oxygen atoms in total. The first kappa shape index (κ1) is 13.2. The maximum atomic E-state index is 11.9. The number of aryl methyl sites for hydroxylation is 2. The molecule has 2 heterocycles. The number of nitrogens with one attached hydrogen (secondary N) is 1. The summed E-state index contributed by atoms with van der Waals surface area (Å²) in [5.74, 6) is 2.01. The van der Waals surface area contributed by atoms with E-state index in [9.17, 15) is 4.79 Å². The normalized spacial score (nSPS) is 12.2. The predicted octanol–water partition coefficient (Wildman–Crippen LogP) is 1.88. The molecule has 0 saturated heterocycles. The zero-order valence-corrected chi connectivity index (χ0v) is 11.3. The maximum Gasteiger partial charge on any atom is 0.227 e. The number of pyridine rings is 1. The molecular formula is C13H17N5O. The fourth-order valence-corrected chi connectivity index (χ4v) is 1.94. The van der Waals surface area contributed by atoms with Crippen molar-refractivity contribution in [2.24, 2.45) is 0 Å². The molecule has 0 aromatic carbocycles. The molecule has 0 aliphatic rings. The molecule has 1 unspecified atom stereocenters. The number of hydrogen-bond acceptors (Lipinski definition) is 4. The van der Waals surface area contributed by atoms with E-state index in [1.165, 1.54) is 0 Å². The van der Waals surface area contributed by atoms with Crippen LogP contribution in [0.5, 0.6) is 0 Å². The van der Waals surface area contributed by atoms with Gasteiger partial charge in [0.15, 0.2) is 0 Å². The van der Waals surface area contributed by atoms with E-state index in [4.69, 9.17) is 0 Å². The van der Waals surface area contributed by atoms with Gasteiger partial charge in [-0.3, -0.25) is 4.79 Å². The third kappa shape index (κ3) is 3.37. The summed E-state index contributed by atoms with van der Waals surface area (Å²) >= 11 is 0. The van der Waals surface area contributed by atoms with Crippen LogP contribution in [0, 0.1) is 13.8 Å². The van der Waals surface area contributed by atoms with Crippen LogP contribution in [0.3, 0.4) is 0 Å². The number of amides is 1. The largest absolute Gasteiger partial charge is 0.311 e. The minimum Gasteiger partial charge on any atom is -0.311 e. The Hall–Kier alpha value is -2.24. The highest BCUT2D eigenvalue weighted by molar-refractivity contribution is 5.89. The van der Waals surface area contributed by atoms with Crippen molar-refractivity contribution in [3.8, 4) is 0 Å². The van der Waals surface area contributed by atoms with Gasteiger partial charge in [0.25, 0.3) is 0 Å². The van der Waals surface area contributed by atoms with Crippen LogP contribution < -0.4 is 5.32 Å². The Morgan fingerprint density at radius 1 is 1.42 bits per heavy atom. The lowest BCUT2D eigenvalue weighted by Gasteiger charge is -2.12. The SMILES string of the molecule is Cc1nc(C)n(C(C)CC(=O)Nc2ccccn2)n1. The van der Waals surface area contributed by atoms with Gasteiger partial charge in [0.1, 0.15) is 17.5 Å². The Labute approximate surface area is 111 Å². The van der Waals surface area contributed by atoms with Crippen molar-refractivity contribution < 1.29 is 4.79 Å². The van der Waals surface area contributed by atoms with Crippen molar-refractivity contribution in [3.63, 3.8) is 0 Å². The lowest BCUT2D eigenvalue weighted by atomic mass is 10.2. The molecule has 0 aliphatic heterocycles. The van der Waals surface area contributed by atoms with Crippen LogP contribution in [-0.2, 0) is 4.79 Å². The van der Waals surface area contributed by atoms with Crippen molar-refractivity contribution in [2.45, 2.75) is 33.2 Å². The van der Waals surface area contributed by atoms with Gasteiger partial charge in [-0.05, 0) is 32.9 Å². The second-order valence-electron chi connectivity index (χ2n) is 4.47. The summed E-state index contributed by atoms with van der Waals surface area (Å²) < 4.78 is 1.77. The molecule has 6 heteroatoms. The summed E-state index contributed by atoms with van der Waals surface area (Å²) in [4.78, 5) is 20.2. The Morgan fingerprint density at radius 3 is 2.79 bits per heavy atom. The zero-order chi connectivity index (χ0) is 13.8. The van der Waals surface area contributed by atoms with Crippen molar-refractivity contribution in [2.75, 3.05) is 5.32 Å². The molecule has 0 bridgehead atoms. The lowest BCUT2D eigenvalue weighted by Crippen LogP contribution is -2.19. The Morgan fingerprint density at radius 2 is 2.21 bits per heavy atom. The minimum atomic E-state index is -0.0845. The minimum absolute atomic E-state index is 0.0371. The summed E-state index contributed by atoms with van der Waals surface area (Å²) in [7, 11) is 0. The van der Waals surface area contributed by atoms with Gasteiger partial charge in [-0.25, -0.2) is 14.6 Å². The number of hydrogen-bond donors (Lipinski definition) is 1. The molecule has 2 rings (SSSR count). The molecule has 2 aromatic heterocycles. The molecule has 1 amide bonds. The number of anilines is 1. The first-order valence-corrected chi connectivity index (χ1v) is 6.17. The third-order valence-corrected chi connectivity index (χ3v) is 2.74. The first-order chi connectivity index (χ1) is 9.06. The van der Waals surface area contributed by atoms with Crippen LogP contribution in [0.25, 0.3) is 0 Å². The Bertz CT molecular complexity index is 564. The van der Waals surface area contributed by atoms with Gasteiger partial charge in [0.05, 0.1) is 6.04 Å². The quantitative estimate of drug-likeness (QED) is 0.909. The van der Waals surface area contributed by atoms with Gasteiger partial charge < -0.3 is 5.32 Å². The zero-order valence-electron chi connectivity index (χ0n) is 11.3. The number of carbonyl (C=O) groups excluding carboxylic acids is 1. The molecule has 1 N–H and O–H groups in total. The molecular weight excluding hydrogens is 242 g/mol. The van der Waals surface area contributed by atoms with E-state index in [1.54, 1.807) is 23.0 Å². The van der Waals surface area contributed by atoms with Crippen molar-refractivity contribution in [1.82, 2.24) is 19.7 Å². The van der Waals surface area contributed by atoms with Crippen LogP contribution >= 0.6 is 0 Å². The second kappa shape index (κ2) is 5.60. The van der Waals surface area contributed by atoms with E-state index in [2.05, 4.69) is 20.4 Å². The topological polar surface area (TPSA) is 72.7 Å². The highest BCUT2D eigenvalue weighted by Crippen LogP contribution is 2.13. The van der Waals surface area contributed by atoms with E-state index >= 15 is 0 Å². The molecule has 1 atom stereocenters. The molecule has 2 aromatic rings. The van der Waals surface area contributed by atoms with Crippen LogP contribution in [0.1, 0.15) is 31.0 Å². The number of nitrogens with zero attached hydrogens (tertiary/aromatic N) is 4. The Balaban J connectivity index is 1.97. The molecule has 0 aliphatic carbocycles. The molecule has 100 valence electrons. The number of aromatic nitrogens is 4. The van der Waals surface area contributed by atoms with E-state index in [0.29, 0.717) is 12.2 Å². The van der Waals surface area contributed by atoms with Crippen molar-refractivity contribution >= 4 is 11.7 Å². The van der Waals surface area contributed by atoms with Gasteiger partial charge in [-0.15, -0.1) is 0 Å². The van der Waals surface area contributed by atoms with Crippen LogP contribution in [0.15, 0.2) is 24.4 Å². The van der Waals surface area contributed by atoms with E-state index < -0.39 is 0 Å². The van der Waals surface area contributed by atoms with E-state index in [-0.39, 0.29) is 11.9 Å². The standard InChI is InChI=1S/C13H17N5O/c1-9(18-11(3)15-10(2)17-18)8-13(19)16-12-6-4-5-7-14-12/h4-7,9H,8H2,1-3H3,(H,14,16,19). The van der Waals surface area contributed by atoms with Crippen LogP contribution in [0.2, 0.25) is 0 Å². The van der Waals surface area contributed by atoms with Gasteiger partial charge in [0, 0.05) is 12.6 Å². The molecule has 19 heavy (non-hydrogen) atoms. The molecule has 0 spiro atoms. The van der Waals surface area contributed by atoms with Gasteiger partial charge >= 0.3 is 0 Å². The van der Waals surface area contributed by atoms with Gasteiger partial charge in [0.2, 0.25) is 5.91 Å². The summed E-state index contributed by atoms with van der Waals surface area (Å²) in [6.07, 6.45) is 1.98. The molecule has 0 fully saturated rings. The maximum absolute atomic E-state index is 11.9. The summed E-state index contributed by atoms with van der Waals surface area (Å²) in [5, 5.41) is 7.04. The molecule has 0 saturated carbocycles. The predicted molar refractivity (Wildman–Crippen MR) is 71.7 cm³/mol. The van der Waals surface area contributed by atoms with Gasteiger partial charge in [-0.2, -0.15) is 5.10 Å². The average molecular weight is 259 g/mol. The number of carbonyl (C=O) groups is 1. The summed E-state index contributed by atoms with van der Waals surface area (Å²) in [5.41, 5.74) is 0. The summed E-state index contributed by atoms with van der Waals surface area (Å²) in [6.45, 7) is 5.66. The summed E-state index contributed by atoms with van der Waals surface area (Å²) in [6, 6.07) is 5.36. The average Bonchev–Trinajstić information content (AvgIpc) is 2.69. The van der Waals surface area contributed by atoms with Crippen molar-refractivity contribution in [1.29, 1.82) is 0 Å². The monoisotopic (exact) mass is 259 g/mol. The highest BCUT2D eigenvalue weighted by Gasteiger charge is 2.15. The molecule has 0 radical (unpaired) electrons. The fraction of sp³-hybridized carbons (Fsp3) is 0.385. The third-order valence-electron chi connectivity index (χ3n) is 2.74. The highest BCUT2D eigenvalue weighted by atomic mass is 16.1. The van der Waals surface area contributed by atoms with Crippen molar-refractivity contribution in [3.05, 3.63) is 36.0 Å². The van der Waals surface area contributed by atoms with Gasteiger partial charge in [-0.1, -0.05) is 6.07 Å². The first-order valence-electron chi connectivity index (χ1n) is 6.17. The lowest BCUT2D eigenvalue weighted by molar-refractivity contribution is -0.116. The Kier molecular flexibility index (Phi) is 3.89. The smallest absolute Gasteiger partial charge is 0.227 e. The van der Waals surface area contributed by atoms with Crippen LogP contribution in [0.4, 0.5) is 5.82 Å². The van der Waals surface area contributed by atoms with Crippen LogP contribution in [-0.4, -0.2) is 25.7 Å².